The molecule has 1 amide bonds. The van der Waals surface area contributed by atoms with E-state index >= 15 is 0 Å². The summed E-state index contributed by atoms with van der Waals surface area (Å²) in [4.78, 5) is 24.3. The van der Waals surface area contributed by atoms with Crippen LogP contribution in [0.15, 0.2) is 24.3 Å². The summed E-state index contributed by atoms with van der Waals surface area (Å²) in [5, 5.41) is 17.8. The second-order valence-corrected chi connectivity index (χ2v) is 4.66. The van der Waals surface area contributed by atoms with Crippen molar-refractivity contribution in [3.63, 3.8) is 0 Å². The Morgan fingerprint density at radius 2 is 2.32 bits per heavy atom. The molecule has 1 unspecified atom stereocenters. The lowest BCUT2D eigenvalue weighted by molar-refractivity contribution is -0.147. The second kappa shape index (κ2) is 5.53. The van der Waals surface area contributed by atoms with Crippen LogP contribution < -0.4 is 0 Å². The number of hydrogen-bond donors (Lipinski definition) is 1. The molecule has 0 radical (unpaired) electrons. The van der Waals surface area contributed by atoms with Crippen molar-refractivity contribution < 1.29 is 14.7 Å². The molecule has 5 heteroatoms. The van der Waals surface area contributed by atoms with E-state index in [1.807, 2.05) is 12.1 Å². The van der Waals surface area contributed by atoms with Crippen LogP contribution in [0.4, 0.5) is 0 Å². The van der Waals surface area contributed by atoms with Crippen molar-refractivity contribution in [2.45, 2.75) is 19.4 Å². The number of rotatable bonds is 3. The maximum atomic E-state index is 11.8. The Balaban J connectivity index is 2.10. The summed E-state index contributed by atoms with van der Waals surface area (Å²) in [6.07, 6.45) is 0.678. The third kappa shape index (κ3) is 3.10. The second-order valence-electron chi connectivity index (χ2n) is 4.66. The number of nitrogens with zero attached hydrogens (tertiary/aromatic N) is 2. The number of carboxylic acid groups (broad SMARTS) is 1. The molecule has 1 aromatic rings. The summed E-state index contributed by atoms with van der Waals surface area (Å²) in [6, 6.07) is 9.05. The largest absolute Gasteiger partial charge is 0.481 e. The van der Waals surface area contributed by atoms with Crippen LogP contribution in [0.3, 0.4) is 0 Å². The zero-order valence-electron chi connectivity index (χ0n) is 10.4. The topological polar surface area (TPSA) is 81.4 Å². The van der Waals surface area contributed by atoms with Crippen molar-refractivity contribution in [1.29, 1.82) is 5.26 Å². The molecule has 5 nitrogen and oxygen atoms in total. The number of carbonyl (C=O) groups is 2. The highest BCUT2D eigenvalue weighted by molar-refractivity contribution is 5.80. The number of carboxylic acids is 1. The van der Waals surface area contributed by atoms with Crippen molar-refractivity contribution in [3.8, 4) is 6.07 Å². The van der Waals surface area contributed by atoms with E-state index in [1.165, 1.54) is 0 Å². The van der Waals surface area contributed by atoms with Gasteiger partial charge in [0.15, 0.2) is 0 Å². The monoisotopic (exact) mass is 258 g/mol. The highest BCUT2D eigenvalue weighted by atomic mass is 16.4. The first-order valence-corrected chi connectivity index (χ1v) is 6.10. The molecule has 2 rings (SSSR count). The van der Waals surface area contributed by atoms with Gasteiger partial charge in [-0.15, -0.1) is 0 Å². The van der Waals surface area contributed by atoms with Gasteiger partial charge < -0.3 is 10.0 Å². The Labute approximate surface area is 111 Å². The number of likely N-dealkylation sites (tertiary alicyclic amines) is 1. The minimum Gasteiger partial charge on any atom is -0.481 e. The molecule has 19 heavy (non-hydrogen) atoms. The Kier molecular flexibility index (Phi) is 3.81. The molecule has 0 bridgehead atoms. The molecule has 98 valence electrons. The van der Waals surface area contributed by atoms with E-state index in [0.29, 0.717) is 18.5 Å². The van der Waals surface area contributed by atoms with Crippen LogP contribution in [0.5, 0.6) is 0 Å². The summed E-state index contributed by atoms with van der Waals surface area (Å²) < 4.78 is 0. The van der Waals surface area contributed by atoms with Gasteiger partial charge in [-0.25, -0.2) is 0 Å². The average molecular weight is 258 g/mol. The van der Waals surface area contributed by atoms with Gasteiger partial charge in [0, 0.05) is 19.5 Å². The lowest BCUT2D eigenvalue weighted by Gasteiger charge is -2.30. The van der Waals surface area contributed by atoms with Gasteiger partial charge in [0.05, 0.1) is 17.6 Å². The smallest absolute Gasteiger partial charge is 0.308 e. The van der Waals surface area contributed by atoms with Crippen LogP contribution in [0, 0.1) is 17.2 Å². The Bertz CT molecular complexity index is 548. The zero-order valence-corrected chi connectivity index (χ0v) is 10.4. The van der Waals surface area contributed by atoms with E-state index in [4.69, 9.17) is 10.4 Å². The number of hydrogen-bond acceptors (Lipinski definition) is 3. The predicted octanol–water partition coefficient (Wildman–Crippen LogP) is 1.38. The highest BCUT2D eigenvalue weighted by Crippen LogP contribution is 2.20. The number of benzene rings is 1. The van der Waals surface area contributed by atoms with Crippen LogP contribution in [-0.2, 0) is 16.1 Å². The fraction of sp³-hybridized carbons (Fsp3) is 0.357. The molecular formula is C14H14N2O3. The van der Waals surface area contributed by atoms with E-state index in [-0.39, 0.29) is 18.9 Å². The number of aliphatic carboxylic acids is 1. The minimum atomic E-state index is -0.858. The predicted molar refractivity (Wildman–Crippen MR) is 66.9 cm³/mol. The molecule has 1 heterocycles. The van der Waals surface area contributed by atoms with Gasteiger partial charge in [-0.1, -0.05) is 12.1 Å². The van der Waals surface area contributed by atoms with E-state index in [2.05, 4.69) is 0 Å². The number of nitriles is 1. The summed E-state index contributed by atoms with van der Waals surface area (Å²) in [5.74, 6) is -1.38. The first kappa shape index (κ1) is 13.1. The first-order chi connectivity index (χ1) is 9.10. The van der Waals surface area contributed by atoms with Crippen molar-refractivity contribution in [1.82, 2.24) is 4.90 Å². The molecule has 1 saturated heterocycles. The van der Waals surface area contributed by atoms with Gasteiger partial charge in [0.2, 0.25) is 5.91 Å². The SMILES string of the molecule is N#Cc1cccc(CN2CC(C(=O)O)CCC2=O)c1. The number of amides is 1. The van der Waals surface area contributed by atoms with Gasteiger partial charge >= 0.3 is 5.97 Å². The van der Waals surface area contributed by atoms with E-state index in [9.17, 15) is 9.59 Å². The lowest BCUT2D eigenvalue weighted by atomic mass is 9.97. The molecule has 0 spiro atoms. The standard InChI is InChI=1S/C14H14N2O3/c15-7-10-2-1-3-11(6-10)8-16-9-12(14(18)19)4-5-13(16)17/h1-3,6,12H,4-5,8-9H2,(H,18,19). The van der Waals surface area contributed by atoms with Crippen LogP contribution in [0.2, 0.25) is 0 Å². The van der Waals surface area contributed by atoms with Crippen LogP contribution in [0.25, 0.3) is 0 Å². The Hall–Kier alpha value is -2.35. The van der Waals surface area contributed by atoms with Gasteiger partial charge in [0.25, 0.3) is 0 Å². The molecule has 1 fully saturated rings. The summed E-state index contributed by atoms with van der Waals surface area (Å²) in [7, 11) is 0. The summed E-state index contributed by atoms with van der Waals surface area (Å²) in [5.41, 5.74) is 1.38. The molecular weight excluding hydrogens is 244 g/mol. The number of carbonyl (C=O) groups excluding carboxylic acids is 1. The van der Waals surface area contributed by atoms with E-state index < -0.39 is 11.9 Å². The summed E-state index contributed by atoms with van der Waals surface area (Å²) >= 11 is 0. The normalized spacial score (nSPS) is 19.0. The lowest BCUT2D eigenvalue weighted by Crippen LogP contribution is -2.42. The molecule has 1 aliphatic heterocycles. The zero-order chi connectivity index (χ0) is 13.8. The highest BCUT2D eigenvalue weighted by Gasteiger charge is 2.29. The number of piperidine rings is 1. The first-order valence-electron chi connectivity index (χ1n) is 6.10. The van der Waals surface area contributed by atoms with E-state index in [0.717, 1.165) is 5.56 Å². The molecule has 0 aliphatic carbocycles. The molecule has 0 aromatic heterocycles. The fourth-order valence-corrected chi connectivity index (χ4v) is 2.23. The average Bonchev–Trinajstić information content (AvgIpc) is 2.41. The maximum Gasteiger partial charge on any atom is 0.308 e. The van der Waals surface area contributed by atoms with Crippen LogP contribution in [-0.4, -0.2) is 28.4 Å². The van der Waals surface area contributed by atoms with Gasteiger partial charge in [0.1, 0.15) is 0 Å². The minimum absolute atomic E-state index is 0.0279. The van der Waals surface area contributed by atoms with Crippen LogP contribution >= 0.6 is 0 Å². The molecule has 1 aliphatic rings. The van der Waals surface area contributed by atoms with Crippen LogP contribution in [0.1, 0.15) is 24.0 Å². The Morgan fingerprint density at radius 1 is 1.53 bits per heavy atom. The van der Waals surface area contributed by atoms with Gasteiger partial charge in [-0.05, 0) is 24.1 Å². The fourth-order valence-electron chi connectivity index (χ4n) is 2.23. The summed E-state index contributed by atoms with van der Waals surface area (Å²) in [6.45, 7) is 0.600. The van der Waals surface area contributed by atoms with Crippen molar-refractivity contribution >= 4 is 11.9 Å². The third-order valence-corrected chi connectivity index (χ3v) is 3.28. The third-order valence-electron chi connectivity index (χ3n) is 3.28. The molecule has 1 aromatic carbocycles. The quantitative estimate of drug-likeness (QED) is 0.888. The van der Waals surface area contributed by atoms with Gasteiger partial charge in [-0.3, -0.25) is 9.59 Å². The molecule has 0 saturated carbocycles. The van der Waals surface area contributed by atoms with Gasteiger partial charge in [-0.2, -0.15) is 5.26 Å². The van der Waals surface area contributed by atoms with Crippen molar-refractivity contribution in [3.05, 3.63) is 35.4 Å². The van der Waals surface area contributed by atoms with Crippen molar-refractivity contribution in [2.24, 2.45) is 5.92 Å². The maximum absolute atomic E-state index is 11.8. The Morgan fingerprint density at radius 3 is 3.00 bits per heavy atom. The van der Waals surface area contributed by atoms with Crippen molar-refractivity contribution in [2.75, 3.05) is 6.54 Å². The van der Waals surface area contributed by atoms with E-state index in [1.54, 1.807) is 23.1 Å². The molecule has 1 N–H and O–H groups in total. The molecule has 1 atom stereocenters.